The van der Waals surface area contributed by atoms with Gasteiger partial charge in [0.1, 0.15) is 12.0 Å². The molecule has 1 amide bonds. The standard InChI is InChI=1S/C18H29N5OS.C10H14O2/c1-5-22(11-13(2)20-3)8-7-17(24)23-9-6-14-15(10-19)18(21-4)25-16(14)12-23;1-4-6-10(12-3)9(2)7-5-8-11/h11,21H,3,5-10,12,19H2,1-2,4H3;4,6,8H,1-2,5,7H2,3H3/b13-11-;10-6+. The minimum Gasteiger partial charge on any atom is -0.497 e. The van der Waals surface area contributed by atoms with Crippen LogP contribution in [-0.4, -0.2) is 62.5 Å². The van der Waals surface area contributed by atoms with E-state index >= 15 is 0 Å². The van der Waals surface area contributed by atoms with Crippen LogP contribution in [0.3, 0.4) is 0 Å². The van der Waals surface area contributed by atoms with E-state index in [1.54, 1.807) is 30.6 Å². The molecule has 1 aromatic heterocycles. The third kappa shape index (κ3) is 10.0. The van der Waals surface area contributed by atoms with Crippen LogP contribution in [0.5, 0.6) is 0 Å². The van der Waals surface area contributed by atoms with Gasteiger partial charge in [-0.15, -0.1) is 11.3 Å². The molecule has 37 heavy (non-hydrogen) atoms. The number of aldehydes is 1. The number of amides is 1. The summed E-state index contributed by atoms with van der Waals surface area (Å²) in [4.78, 5) is 31.9. The van der Waals surface area contributed by atoms with Gasteiger partial charge in [-0.1, -0.05) is 19.2 Å². The number of allylic oxidation sites excluding steroid dienone is 4. The van der Waals surface area contributed by atoms with Gasteiger partial charge in [0.25, 0.3) is 0 Å². The monoisotopic (exact) mass is 529 g/mol. The van der Waals surface area contributed by atoms with Crippen molar-refractivity contribution in [3.05, 3.63) is 64.5 Å². The lowest BCUT2D eigenvalue weighted by Crippen LogP contribution is -2.37. The van der Waals surface area contributed by atoms with E-state index in [0.717, 1.165) is 42.1 Å². The topological polar surface area (TPSA) is 100 Å². The normalized spacial score (nSPS) is 13.1. The fourth-order valence-corrected chi connectivity index (χ4v) is 5.16. The number of carbonyl (C=O) groups is 2. The van der Waals surface area contributed by atoms with Gasteiger partial charge in [0, 0.05) is 62.7 Å². The molecule has 0 atom stereocenters. The Kier molecular flexibility index (Phi) is 14.9. The van der Waals surface area contributed by atoms with Crippen LogP contribution in [-0.2, 0) is 33.8 Å². The highest BCUT2D eigenvalue weighted by Crippen LogP contribution is 2.36. The maximum Gasteiger partial charge on any atom is 0.224 e. The van der Waals surface area contributed by atoms with Crippen LogP contribution in [0.2, 0.25) is 0 Å². The zero-order chi connectivity index (χ0) is 27.8. The maximum absolute atomic E-state index is 12.6. The van der Waals surface area contributed by atoms with Gasteiger partial charge in [-0.2, -0.15) is 0 Å². The molecule has 204 valence electrons. The maximum atomic E-state index is 12.6. The highest BCUT2D eigenvalue weighted by Gasteiger charge is 2.26. The number of aliphatic imine (C=N–C) groups is 1. The van der Waals surface area contributed by atoms with Gasteiger partial charge in [-0.25, -0.2) is 0 Å². The van der Waals surface area contributed by atoms with E-state index in [9.17, 15) is 9.59 Å². The summed E-state index contributed by atoms with van der Waals surface area (Å²) >= 11 is 1.72. The first kappa shape index (κ1) is 31.9. The van der Waals surface area contributed by atoms with Gasteiger partial charge in [0.15, 0.2) is 0 Å². The summed E-state index contributed by atoms with van der Waals surface area (Å²) in [5.41, 5.74) is 10.1. The Hall–Kier alpha value is -3.17. The zero-order valence-electron chi connectivity index (χ0n) is 22.8. The van der Waals surface area contributed by atoms with Crippen LogP contribution in [0.25, 0.3) is 0 Å². The average molecular weight is 530 g/mol. The molecule has 2 heterocycles. The van der Waals surface area contributed by atoms with Gasteiger partial charge >= 0.3 is 0 Å². The number of carbonyl (C=O) groups excluding carboxylic acids is 2. The summed E-state index contributed by atoms with van der Waals surface area (Å²) in [6.45, 7) is 18.4. The largest absolute Gasteiger partial charge is 0.497 e. The van der Waals surface area contributed by atoms with Crippen molar-refractivity contribution in [2.45, 2.75) is 52.6 Å². The summed E-state index contributed by atoms with van der Waals surface area (Å²) in [5, 5.41) is 4.36. The summed E-state index contributed by atoms with van der Waals surface area (Å²) in [6, 6.07) is 0. The number of methoxy groups -OCH3 is 1. The van der Waals surface area contributed by atoms with Crippen LogP contribution in [0.4, 0.5) is 5.00 Å². The summed E-state index contributed by atoms with van der Waals surface area (Å²) in [6.07, 6.45) is 8.71. The van der Waals surface area contributed by atoms with Gasteiger partial charge in [-0.3, -0.25) is 9.79 Å². The van der Waals surface area contributed by atoms with Crippen LogP contribution in [0.1, 0.15) is 49.1 Å². The SMILES string of the molecule is C=C/C=C(/OC)C(=C)CCC=O.C=N/C(C)=C\N(CC)CCC(=O)N1CCc2c(sc(NC)c2CN)C1. The first-order chi connectivity index (χ1) is 17.8. The number of thiophene rings is 1. The highest BCUT2D eigenvalue weighted by molar-refractivity contribution is 7.16. The van der Waals surface area contributed by atoms with Crippen molar-refractivity contribution >= 4 is 35.2 Å². The average Bonchev–Trinajstić information content (AvgIpc) is 3.29. The van der Waals surface area contributed by atoms with Crippen LogP contribution < -0.4 is 11.1 Å². The van der Waals surface area contributed by atoms with E-state index in [-0.39, 0.29) is 5.91 Å². The highest BCUT2D eigenvalue weighted by atomic mass is 32.1. The van der Waals surface area contributed by atoms with E-state index in [1.807, 2.05) is 25.1 Å². The minimum atomic E-state index is 0.204. The molecule has 3 N–H and O–H groups in total. The number of nitrogens with one attached hydrogen (secondary N) is 1. The lowest BCUT2D eigenvalue weighted by Gasteiger charge is -2.28. The number of anilines is 1. The molecule has 0 spiro atoms. The number of rotatable bonds is 14. The smallest absolute Gasteiger partial charge is 0.224 e. The van der Waals surface area contributed by atoms with E-state index in [2.05, 4.69) is 42.0 Å². The Morgan fingerprint density at radius 3 is 2.65 bits per heavy atom. The first-order valence-electron chi connectivity index (χ1n) is 12.5. The molecule has 8 nitrogen and oxygen atoms in total. The molecular formula is C28H43N5O3S. The molecule has 0 bridgehead atoms. The molecule has 0 aliphatic carbocycles. The molecule has 1 aromatic rings. The van der Waals surface area contributed by atoms with Crippen molar-refractivity contribution in [2.75, 3.05) is 39.1 Å². The molecule has 2 rings (SSSR count). The number of nitrogens with zero attached hydrogens (tertiary/aromatic N) is 3. The molecule has 1 aliphatic rings. The Morgan fingerprint density at radius 2 is 2.11 bits per heavy atom. The molecule has 0 radical (unpaired) electrons. The van der Waals surface area contributed by atoms with Crippen LogP contribution >= 0.6 is 11.3 Å². The Morgan fingerprint density at radius 1 is 1.38 bits per heavy atom. The van der Waals surface area contributed by atoms with Crippen molar-refractivity contribution in [2.24, 2.45) is 10.7 Å². The lowest BCUT2D eigenvalue weighted by atomic mass is 10.0. The number of hydrogen-bond acceptors (Lipinski definition) is 8. The molecule has 1 aliphatic heterocycles. The molecule has 9 heteroatoms. The van der Waals surface area contributed by atoms with Crippen molar-refractivity contribution in [3.63, 3.8) is 0 Å². The van der Waals surface area contributed by atoms with Crippen LogP contribution in [0.15, 0.2) is 53.5 Å². The van der Waals surface area contributed by atoms with E-state index in [1.165, 1.54) is 16.0 Å². The Balaban J connectivity index is 0.000000482. The van der Waals surface area contributed by atoms with Crippen LogP contribution in [0, 0.1) is 0 Å². The van der Waals surface area contributed by atoms with Gasteiger partial charge in [-0.05, 0) is 50.6 Å². The molecule has 0 saturated carbocycles. The van der Waals surface area contributed by atoms with Gasteiger partial charge in [0.2, 0.25) is 5.91 Å². The molecule has 0 unspecified atom stereocenters. The fraction of sp³-hybridized carbons (Fsp3) is 0.464. The van der Waals surface area contributed by atoms with Gasteiger partial charge in [0.05, 0.1) is 24.4 Å². The predicted molar refractivity (Wildman–Crippen MR) is 156 cm³/mol. The second-order valence-corrected chi connectivity index (χ2v) is 9.52. The summed E-state index contributed by atoms with van der Waals surface area (Å²) < 4.78 is 5.02. The minimum absolute atomic E-state index is 0.204. The molecule has 0 fully saturated rings. The van der Waals surface area contributed by atoms with Crippen molar-refractivity contribution in [3.8, 4) is 0 Å². The van der Waals surface area contributed by atoms with E-state index < -0.39 is 0 Å². The molecular weight excluding hydrogens is 486 g/mol. The summed E-state index contributed by atoms with van der Waals surface area (Å²) in [5.74, 6) is 0.891. The number of nitrogens with two attached hydrogens (primary N) is 1. The Labute approximate surface area is 226 Å². The van der Waals surface area contributed by atoms with Crippen molar-refractivity contribution in [1.82, 2.24) is 9.80 Å². The lowest BCUT2D eigenvalue weighted by molar-refractivity contribution is -0.132. The number of hydrogen-bond donors (Lipinski definition) is 2. The molecule has 0 aromatic carbocycles. The molecule has 0 saturated heterocycles. The first-order valence-corrected chi connectivity index (χ1v) is 13.3. The fourth-order valence-electron chi connectivity index (χ4n) is 3.91. The van der Waals surface area contributed by atoms with Crippen molar-refractivity contribution < 1.29 is 14.3 Å². The Bertz CT molecular complexity index is 996. The third-order valence-electron chi connectivity index (χ3n) is 5.99. The third-order valence-corrected chi connectivity index (χ3v) is 7.27. The van der Waals surface area contributed by atoms with E-state index in [4.69, 9.17) is 10.5 Å². The second kappa shape index (κ2) is 17.3. The summed E-state index contributed by atoms with van der Waals surface area (Å²) in [7, 11) is 3.49. The van der Waals surface area contributed by atoms with Gasteiger partial charge < -0.3 is 30.4 Å². The number of fused-ring (bicyclic) bond motifs is 1. The predicted octanol–water partition coefficient (Wildman–Crippen LogP) is 4.65. The van der Waals surface area contributed by atoms with E-state index in [0.29, 0.717) is 44.7 Å². The zero-order valence-corrected chi connectivity index (χ0v) is 23.7. The quantitative estimate of drug-likeness (QED) is 0.158. The van der Waals surface area contributed by atoms with Crippen molar-refractivity contribution in [1.29, 1.82) is 0 Å². The second-order valence-electron chi connectivity index (χ2n) is 8.42. The number of ether oxygens (including phenoxy) is 1.